The minimum atomic E-state index is -0.681. The Kier molecular flexibility index (Phi) is 7.67. The number of carbonyl (C=O) groups excluding carboxylic acids is 1. The van der Waals surface area contributed by atoms with Crippen molar-refractivity contribution in [1.29, 1.82) is 0 Å². The Morgan fingerprint density at radius 2 is 1.90 bits per heavy atom. The SMILES string of the molecule is CCCCN(C)CC1CCN(C(=O)C(C)(N)CCC)CC1. The Morgan fingerprint density at radius 1 is 1.29 bits per heavy atom. The highest BCUT2D eigenvalue weighted by Gasteiger charge is 2.33. The largest absolute Gasteiger partial charge is 0.341 e. The molecule has 124 valence electrons. The van der Waals surface area contributed by atoms with E-state index in [2.05, 4.69) is 25.8 Å². The predicted octanol–water partition coefficient (Wildman–Crippen LogP) is 2.47. The lowest BCUT2D eigenvalue weighted by molar-refractivity contribution is -0.138. The first-order valence-corrected chi connectivity index (χ1v) is 8.67. The van der Waals surface area contributed by atoms with E-state index < -0.39 is 5.54 Å². The molecule has 1 fully saturated rings. The van der Waals surface area contributed by atoms with Crippen molar-refractivity contribution in [2.45, 2.75) is 64.8 Å². The van der Waals surface area contributed by atoms with Gasteiger partial charge in [0, 0.05) is 19.6 Å². The molecule has 0 aliphatic carbocycles. The summed E-state index contributed by atoms with van der Waals surface area (Å²) < 4.78 is 0. The van der Waals surface area contributed by atoms with Crippen LogP contribution in [0.5, 0.6) is 0 Å². The van der Waals surface area contributed by atoms with E-state index in [0.29, 0.717) is 0 Å². The number of amides is 1. The number of unbranched alkanes of at least 4 members (excludes halogenated alkanes) is 1. The third-order valence-corrected chi connectivity index (χ3v) is 4.62. The second-order valence-corrected chi connectivity index (χ2v) is 7.02. The van der Waals surface area contributed by atoms with E-state index in [1.807, 2.05) is 11.8 Å². The Morgan fingerprint density at radius 3 is 2.43 bits per heavy atom. The average molecular weight is 297 g/mol. The highest BCUT2D eigenvalue weighted by molar-refractivity contribution is 5.85. The molecule has 4 nitrogen and oxygen atoms in total. The lowest BCUT2D eigenvalue weighted by Gasteiger charge is -2.37. The van der Waals surface area contributed by atoms with Crippen molar-refractivity contribution in [2.75, 3.05) is 33.2 Å². The zero-order valence-electron chi connectivity index (χ0n) is 14.5. The first kappa shape index (κ1) is 18.4. The van der Waals surface area contributed by atoms with E-state index in [1.54, 1.807) is 0 Å². The predicted molar refractivity (Wildman–Crippen MR) is 89.2 cm³/mol. The summed E-state index contributed by atoms with van der Waals surface area (Å²) in [4.78, 5) is 16.9. The zero-order chi connectivity index (χ0) is 15.9. The molecule has 1 unspecified atom stereocenters. The molecule has 1 aliphatic heterocycles. The molecule has 0 radical (unpaired) electrons. The second-order valence-electron chi connectivity index (χ2n) is 7.02. The summed E-state index contributed by atoms with van der Waals surface area (Å²) in [6.07, 6.45) is 6.48. The van der Waals surface area contributed by atoms with Crippen molar-refractivity contribution in [1.82, 2.24) is 9.80 Å². The molecular weight excluding hydrogens is 262 g/mol. The molecule has 1 saturated heterocycles. The molecule has 0 aromatic rings. The number of likely N-dealkylation sites (tertiary alicyclic amines) is 1. The molecule has 0 spiro atoms. The van der Waals surface area contributed by atoms with Crippen LogP contribution in [-0.4, -0.2) is 54.5 Å². The van der Waals surface area contributed by atoms with E-state index in [9.17, 15) is 4.79 Å². The molecule has 1 aliphatic rings. The van der Waals surface area contributed by atoms with Crippen LogP contribution >= 0.6 is 0 Å². The van der Waals surface area contributed by atoms with Gasteiger partial charge in [-0.1, -0.05) is 26.7 Å². The summed E-state index contributed by atoms with van der Waals surface area (Å²) in [5, 5.41) is 0. The molecule has 1 amide bonds. The lowest BCUT2D eigenvalue weighted by atomic mass is 9.91. The van der Waals surface area contributed by atoms with Crippen molar-refractivity contribution in [3.63, 3.8) is 0 Å². The maximum atomic E-state index is 12.5. The number of hydrogen-bond donors (Lipinski definition) is 1. The van der Waals surface area contributed by atoms with Gasteiger partial charge in [0.1, 0.15) is 0 Å². The molecular formula is C17H35N3O. The van der Waals surface area contributed by atoms with Crippen LogP contribution in [0.15, 0.2) is 0 Å². The quantitative estimate of drug-likeness (QED) is 0.749. The van der Waals surface area contributed by atoms with Gasteiger partial charge < -0.3 is 15.5 Å². The van der Waals surface area contributed by atoms with E-state index >= 15 is 0 Å². The molecule has 21 heavy (non-hydrogen) atoms. The van der Waals surface area contributed by atoms with Crippen LogP contribution in [0.25, 0.3) is 0 Å². The molecule has 0 saturated carbocycles. The Hall–Kier alpha value is -0.610. The number of carbonyl (C=O) groups is 1. The van der Waals surface area contributed by atoms with Crippen molar-refractivity contribution in [2.24, 2.45) is 11.7 Å². The van der Waals surface area contributed by atoms with Crippen molar-refractivity contribution >= 4 is 5.91 Å². The summed E-state index contributed by atoms with van der Waals surface area (Å²) in [7, 11) is 2.21. The fraction of sp³-hybridized carbons (Fsp3) is 0.941. The van der Waals surface area contributed by atoms with Crippen LogP contribution in [0.1, 0.15) is 59.3 Å². The van der Waals surface area contributed by atoms with Crippen molar-refractivity contribution < 1.29 is 4.79 Å². The van der Waals surface area contributed by atoms with E-state index in [1.165, 1.54) is 19.4 Å². The van der Waals surface area contributed by atoms with Gasteiger partial charge in [0.05, 0.1) is 5.54 Å². The summed E-state index contributed by atoms with van der Waals surface area (Å²) in [6.45, 7) is 10.3. The summed E-state index contributed by atoms with van der Waals surface area (Å²) in [5.41, 5.74) is 5.49. The maximum Gasteiger partial charge on any atom is 0.242 e. The van der Waals surface area contributed by atoms with Gasteiger partial charge in [0.2, 0.25) is 5.91 Å². The molecule has 1 heterocycles. The summed E-state index contributed by atoms with van der Waals surface area (Å²) in [6, 6.07) is 0. The smallest absolute Gasteiger partial charge is 0.242 e. The van der Waals surface area contributed by atoms with Gasteiger partial charge in [-0.15, -0.1) is 0 Å². The van der Waals surface area contributed by atoms with E-state index in [0.717, 1.165) is 51.2 Å². The van der Waals surface area contributed by atoms with Gasteiger partial charge in [-0.2, -0.15) is 0 Å². The summed E-state index contributed by atoms with van der Waals surface area (Å²) in [5.74, 6) is 0.869. The molecule has 4 heteroatoms. The summed E-state index contributed by atoms with van der Waals surface area (Å²) >= 11 is 0. The highest BCUT2D eigenvalue weighted by atomic mass is 16.2. The first-order chi connectivity index (χ1) is 9.90. The normalized spacial score (nSPS) is 19.8. The molecule has 0 aromatic carbocycles. The third-order valence-electron chi connectivity index (χ3n) is 4.62. The van der Waals surface area contributed by atoms with E-state index in [-0.39, 0.29) is 5.91 Å². The topological polar surface area (TPSA) is 49.6 Å². The Bertz CT molecular complexity index is 309. The van der Waals surface area contributed by atoms with Crippen molar-refractivity contribution in [3.8, 4) is 0 Å². The number of piperidine rings is 1. The molecule has 2 N–H and O–H groups in total. The molecule has 0 bridgehead atoms. The number of nitrogens with two attached hydrogens (primary N) is 1. The monoisotopic (exact) mass is 297 g/mol. The Labute approximate surface area is 131 Å². The van der Waals surface area contributed by atoms with Crippen LogP contribution in [0.2, 0.25) is 0 Å². The van der Waals surface area contributed by atoms with Gasteiger partial charge in [-0.3, -0.25) is 4.79 Å². The standard InChI is InChI=1S/C17H35N3O/c1-5-7-11-19(4)14-15-8-12-20(13-9-15)16(21)17(3,18)10-6-2/h15H,5-14,18H2,1-4H3. The van der Waals surface area contributed by atoms with E-state index in [4.69, 9.17) is 5.73 Å². The van der Waals surface area contributed by atoms with Gasteiger partial charge in [-0.25, -0.2) is 0 Å². The minimum absolute atomic E-state index is 0.141. The number of nitrogens with zero attached hydrogens (tertiary/aromatic N) is 2. The fourth-order valence-electron chi connectivity index (χ4n) is 3.27. The number of hydrogen-bond acceptors (Lipinski definition) is 3. The van der Waals surface area contributed by atoms with Gasteiger partial charge >= 0.3 is 0 Å². The third kappa shape index (κ3) is 5.95. The van der Waals surface area contributed by atoms with Gasteiger partial charge in [-0.05, 0) is 52.1 Å². The van der Waals surface area contributed by atoms with Gasteiger partial charge in [0.25, 0.3) is 0 Å². The maximum absolute atomic E-state index is 12.5. The Balaban J connectivity index is 2.36. The van der Waals surface area contributed by atoms with Gasteiger partial charge in [0.15, 0.2) is 0 Å². The van der Waals surface area contributed by atoms with Crippen LogP contribution in [0.3, 0.4) is 0 Å². The lowest BCUT2D eigenvalue weighted by Crippen LogP contribution is -2.55. The number of rotatable bonds is 8. The fourth-order valence-corrected chi connectivity index (χ4v) is 3.27. The zero-order valence-corrected chi connectivity index (χ0v) is 14.5. The van der Waals surface area contributed by atoms with Crippen LogP contribution in [0.4, 0.5) is 0 Å². The first-order valence-electron chi connectivity index (χ1n) is 8.67. The molecule has 0 aromatic heterocycles. The highest BCUT2D eigenvalue weighted by Crippen LogP contribution is 2.21. The van der Waals surface area contributed by atoms with Crippen LogP contribution in [-0.2, 0) is 4.79 Å². The average Bonchev–Trinajstić information content (AvgIpc) is 2.45. The molecule has 1 atom stereocenters. The second kappa shape index (κ2) is 8.74. The van der Waals surface area contributed by atoms with Crippen LogP contribution < -0.4 is 5.73 Å². The minimum Gasteiger partial charge on any atom is -0.341 e. The molecule has 1 rings (SSSR count). The van der Waals surface area contributed by atoms with Crippen molar-refractivity contribution in [3.05, 3.63) is 0 Å². The van der Waals surface area contributed by atoms with Crippen LogP contribution in [0, 0.1) is 5.92 Å².